The van der Waals surface area contributed by atoms with Crippen molar-refractivity contribution in [2.24, 2.45) is 0 Å². The van der Waals surface area contributed by atoms with Gasteiger partial charge >= 0.3 is 5.97 Å². The van der Waals surface area contributed by atoms with Gasteiger partial charge in [0.25, 0.3) is 0 Å². The van der Waals surface area contributed by atoms with E-state index in [9.17, 15) is 9.59 Å². The molecule has 0 aromatic heterocycles. The van der Waals surface area contributed by atoms with Crippen LogP contribution in [0.4, 0.5) is 11.4 Å². The average molecular weight is 395 g/mol. The second kappa shape index (κ2) is 10.3. The number of carbonyl (C=O) groups excluding carboxylic acids is 2. The van der Waals surface area contributed by atoms with E-state index in [2.05, 4.69) is 5.32 Å². The van der Waals surface area contributed by atoms with Crippen molar-refractivity contribution in [3.8, 4) is 11.5 Å². The van der Waals surface area contributed by atoms with Crippen molar-refractivity contribution in [3.63, 3.8) is 0 Å². The van der Waals surface area contributed by atoms with Crippen molar-refractivity contribution in [2.45, 2.75) is 12.8 Å². The van der Waals surface area contributed by atoms with Crippen LogP contribution < -0.4 is 20.5 Å². The zero-order valence-electron chi connectivity index (χ0n) is 15.4. The molecule has 2 rings (SSSR count). The van der Waals surface area contributed by atoms with Crippen LogP contribution in [-0.4, -0.2) is 33.2 Å². The Morgan fingerprint density at radius 1 is 1.07 bits per heavy atom. The Bertz CT molecular complexity index is 811. The summed E-state index contributed by atoms with van der Waals surface area (Å²) in [5.74, 6) is -0.139. The molecule has 7 nitrogen and oxygen atoms in total. The number of hydrogen-bond acceptors (Lipinski definition) is 6. The summed E-state index contributed by atoms with van der Waals surface area (Å²) in [4.78, 5) is 24.2. The molecule has 0 aliphatic rings. The van der Waals surface area contributed by atoms with Gasteiger partial charge in [-0.05, 0) is 30.2 Å². The summed E-state index contributed by atoms with van der Waals surface area (Å²) >= 11 is 0. The maximum absolute atomic E-state index is 12.4. The number of carbonyl (C=O) groups is 2. The highest BCUT2D eigenvalue weighted by Gasteiger charge is 2.18. The molecule has 0 aliphatic heterocycles. The standard InChI is InChI=1S/C19H22N2O5.ClH/c1-24-16-11-13(19(23)26-3)10-15(18(16)25-2)21-17(22)9-8-12-6-4-5-7-14(12)20;/h4-7,10-11H,8-9,20H2,1-3H3,(H,21,22);1H. The fraction of sp³-hybridized carbons (Fsp3) is 0.263. The molecule has 0 bridgehead atoms. The summed E-state index contributed by atoms with van der Waals surface area (Å²) in [7, 11) is 4.18. The van der Waals surface area contributed by atoms with Gasteiger partial charge in [-0.25, -0.2) is 4.79 Å². The molecule has 0 heterocycles. The average Bonchev–Trinajstić information content (AvgIpc) is 2.65. The summed E-state index contributed by atoms with van der Waals surface area (Å²) < 4.78 is 15.3. The van der Waals surface area contributed by atoms with Crippen molar-refractivity contribution < 1.29 is 23.8 Å². The topological polar surface area (TPSA) is 99.9 Å². The lowest BCUT2D eigenvalue weighted by Gasteiger charge is -2.15. The number of rotatable bonds is 7. The minimum atomic E-state index is -0.543. The minimum absolute atomic E-state index is 0. The fourth-order valence-corrected chi connectivity index (χ4v) is 2.52. The number of hydrogen-bond donors (Lipinski definition) is 2. The molecule has 2 aromatic carbocycles. The van der Waals surface area contributed by atoms with E-state index in [1.807, 2.05) is 18.2 Å². The number of benzene rings is 2. The van der Waals surface area contributed by atoms with Crippen LogP contribution >= 0.6 is 12.4 Å². The maximum atomic E-state index is 12.4. The lowest BCUT2D eigenvalue weighted by Crippen LogP contribution is -2.15. The summed E-state index contributed by atoms with van der Waals surface area (Å²) in [6.07, 6.45) is 0.719. The highest BCUT2D eigenvalue weighted by molar-refractivity contribution is 5.97. The second-order valence-electron chi connectivity index (χ2n) is 5.50. The first kappa shape index (κ1) is 22.1. The van der Waals surface area contributed by atoms with Gasteiger partial charge in [-0.3, -0.25) is 4.79 Å². The number of para-hydroxylation sites is 1. The molecule has 0 spiro atoms. The van der Waals surface area contributed by atoms with E-state index in [1.54, 1.807) is 6.07 Å². The van der Waals surface area contributed by atoms with Gasteiger partial charge in [0.2, 0.25) is 5.91 Å². The number of ether oxygens (including phenoxy) is 3. The van der Waals surface area contributed by atoms with Gasteiger partial charge in [-0.15, -0.1) is 12.4 Å². The molecule has 0 aliphatic carbocycles. The van der Waals surface area contributed by atoms with Crippen molar-refractivity contribution in [2.75, 3.05) is 32.4 Å². The molecule has 2 aromatic rings. The number of nitrogens with one attached hydrogen (secondary N) is 1. The maximum Gasteiger partial charge on any atom is 0.338 e. The molecule has 0 radical (unpaired) electrons. The van der Waals surface area contributed by atoms with Crippen LogP contribution in [0, 0.1) is 0 Å². The monoisotopic (exact) mass is 394 g/mol. The molecule has 0 atom stereocenters. The van der Waals surface area contributed by atoms with Gasteiger partial charge in [0, 0.05) is 12.1 Å². The third kappa shape index (κ3) is 5.52. The van der Waals surface area contributed by atoms with Crippen LogP contribution in [0.15, 0.2) is 36.4 Å². The first-order valence-electron chi connectivity index (χ1n) is 7.97. The van der Waals surface area contributed by atoms with Gasteiger partial charge in [0.1, 0.15) is 0 Å². The number of aryl methyl sites for hydroxylation is 1. The Morgan fingerprint density at radius 3 is 2.37 bits per heavy atom. The smallest absolute Gasteiger partial charge is 0.338 e. The number of esters is 1. The zero-order valence-corrected chi connectivity index (χ0v) is 16.2. The third-order valence-corrected chi connectivity index (χ3v) is 3.85. The van der Waals surface area contributed by atoms with E-state index in [0.29, 0.717) is 29.3 Å². The molecule has 27 heavy (non-hydrogen) atoms. The normalized spacial score (nSPS) is 9.74. The fourth-order valence-electron chi connectivity index (χ4n) is 2.52. The van der Waals surface area contributed by atoms with Crippen LogP contribution in [0.1, 0.15) is 22.3 Å². The lowest BCUT2D eigenvalue weighted by atomic mass is 10.1. The van der Waals surface area contributed by atoms with E-state index in [-0.39, 0.29) is 30.3 Å². The first-order chi connectivity index (χ1) is 12.5. The molecular formula is C19H23ClN2O5. The van der Waals surface area contributed by atoms with Crippen LogP contribution in [0.5, 0.6) is 11.5 Å². The molecule has 0 saturated heterocycles. The molecule has 146 valence electrons. The highest BCUT2D eigenvalue weighted by atomic mass is 35.5. The predicted octanol–water partition coefficient (Wildman–Crippen LogP) is 3.07. The second-order valence-corrected chi connectivity index (χ2v) is 5.50. The van der Waals surface area contributed by atoms with Crippen LogP contribution in [0.25, 0.3) is 0 Å². The Balaban J connectivity index is 0.00000364. The third-order valence-electron chi connectivity index (χ3n) is 3.85. The SMILES string of the molecule is COC(=O)c1cc(NC(=O)CCc2ccccc2N)c(OC)c(OC)c1.Cl. The van der Waals surface area contributed by atoms with E-state index in [0.717, 1.165) is 5.56 Å². The van der Waals surface area contributed by atoms with E-state index >= 15 is 0 Å². The molecule has 0 unspecified atom stereocenters. The lowest BCUT2D eigenvalue weighted by molar-refractivity contribution is -0.116. The zero-order chi connectivity index (χ0) is 19.1. The first-order valence-corrected chi connectivity index (χ1v) is 7.97. The number of nitrogen functional groups attached to an aromatic ring is 1. The molecule has 3 N–H and O–H groups in total. The van der Waals surface area contributed by atoms with Gasteiger partial charge in [-0.2, -0.15) is 0 Å². The van der Waals surface area contributed by atoms with Gasteiger partial charge in [0.05, 0.1) is 32.6 Å². The summed E-state index contributed by atoms with van der Waals surface area (Å²) in [6, 6.07) is 10.4. The Hall–Kier alpha value is -2.93. The largest absolute Gasteiger partial charge is 0.493 e. The summed E-state index contributed by atoms with van der Waals surface area (Å²) in [5, 5.41) is 2.75. The highest BCUT2D eigenvalue weighted by Crippen LogP contribution is 2.37. The number of anilines is 2. The van der Waals surface area contributed by atoms with Gasteiger partial charge in [-0.1, -0.05) is 18.2 Å². The van der Waals surface area contributed by atoms with Crippen molar-refractivity contribution in [1.82, 2.24) is 0 Å². The predicted molar refractivity (Wildman–Crippen MR) is 106 cm³/mol. The molecule has 0 fully saturated rings. The molecule has 1 amide bonds. The quantitative estimate of drug-likeness (QED) is 0.553. The van der Waals surface area contributed by atoms with Crippen LogP contribution in [-0.2, 0) is 16.0 Å². The molecule has 8 heteroatoms. The number of halogens is 1. The van der Waals surface area contributed by atoms with Crippen molar-refractivity contribution >= 4 is 35.7 Å². The Labute approximate surface area is 164 Å². The van der Waals surface area contributed by atoms with Gasteiger partial charge < -0.3 is 25.3 Å². The number of amides is 1. The number of nitrogens with two attached hydrogens (primary N) is 1. The summed E-state index contributed by atoms with van der Waals surface area (Å²) in [6.45, 7) is 0. The Kier molecular flexibility index (Phi) is 8.41. The van der Waals surface area contributed by atoms with E-state index in [1.165, 1.54) is 33.5 Å². The molecular weight excluding hydrogens is 372 g/mol. The van der Waals surface area contributed by atoms with E-state index < -0.39 is 5.97 Å². The van der Waals surface area contributed by atoms with Crippen molar-refractivity contribution in [1.29, 1.82) is 0 Å². The van der Waals surface area contributed by atoms with Gasteiger partial charge in [0.15, 0.2) is 11.5 Å². The van der Waals surface area contributed by atoms with E-state index in [4.69, 9.17) is 19.9 Å². The van der Waals surface area contributed by atoms with Crippen molar-refractivity contribution in [3.05, 3.63) is 47.5 Å². The Morgan fingerprint density at radius 2 is 1.78 bits per heavy atom. The summed E-state index contributed by atoms with van der Waals surface area (Å²) in [5.41, 5.74) is 8.01. The number of methoxy groups -OCH3 is 3. The minimum Gasteiger partial charge on any atom is -0.493 e. The molecule has 0 saturated carbocycles. The van der Waals surface area contributed by atoms with Crippen LogP contribution in [0.2, 0.25) is 0 Å². The van der Waals surface area contributed by atoms with Crippen LogP contribution in [0.3, 0.4) is 0 Å².